The van der Waals surface area contributed by atoms with E-state index in [0.29, 0.717) is 34.1 Å². The van der Waals surface area contributed by atoms with Crippen molar-refractivity contribution in [2.45, 2.75) is 18.9 Å². The highest BCUT2D eigenvalue weighted by Crippen LogP contribution is 2.36. The van der Waals surface area contributed by atoms with Crippen LogP contribution in [-0.2, 0) is 0 Å². The molecule has 0 unspecified atom stereocenters. The average molecular weight is 394 g/mol. The van der Waals surface area contributed by atoms with E-state index in [-0.39, 0.29) is 11.9 Å². The quantitative estimate of drug-likeness (QED) is 0.729. The van der Waals surface area contributed by atoms with Crippen LogP contribution < -0.4 is 4.90 Å². The van der Waals surface area contributed by atoms with E-state index in [4.69, 9.17) is 27.7 Å². The minimum Gasteiger partial charge on any atom is -0.349 e. The van der Waals surface area contributed by atoms with Crippen LogP contribution in [0.2, 0.25) is 10.0 Å². The monoisotopic (exact) mass is 393 g/mol. The van der Waals surface area contributed by atoms with Crippen molar-refractivity contribution < 1.29 is 9.32 Å². The Labute approximate surface area is 159 Å². The number of H-pyrrole nitrogens is 1. The maximum atomic E-state index is 13.1. The lowest BCUT2D eigenvalue weighted by atomic mass is 10.2. The molecule has 0 bridgehead atoms. The Morgan fingerprint density at radius 1 is 1.38 bits per heavy atom. The van der Waals surface area contributed by atoms with E-state index in [1.807, 2.05) is 20.2 Å². The Kier molecular flexibility index (Phi) is 4.28. The summed E-state index contributed by atoms with van der Waals surface area (Å²) >= 11 is 12.5. The molecule has 0 radical (unpaired) electrons. The topological polar surface area (TPSA) is 78.3 Å². The SMILES string of the molecule is CN(C)c1noc([C@H]2CCCN2C(=O)c2[nH]c3ccc(Cl)cc3c2Cl)n1. The number of nitrogens with one attached hydrogen (secondary N) is 1. The van der Waals surface area contributed by atoms with Gasteiger partial charge in [-0.15, -0.1) is 0 Å². The molecule has 0 aliphatic carbocycles. The molecule has 3 aromatic rings. The van der Waals surface area contributed by atoms with Crippen LogP contribution in [0.5, 0.6) is 0 Å². The largest absolute Gasteiger partial charge is 0.349 e. The molecule has 0 saturated carbocycles. The van der Waals surface area contributed by atoms with Crippen molar-refractivity contribution in [3.63, 3.8) is 0 Å². The zero-order chi connectivity index (χ0) is 18.4. The van der Waals surface area contributed by atoms with Crippen molar-refractivity contribution in [1.29, 1.82) is 0 Å². The van der Waals surface area contributed by atoms with Gasteiger partial charge in [-0.1, -0.05) is 23.2 Å². The van der Waals surface area contributed by atoms with Gasteiger partial charge >= 0.3 is 0 Å². The van der Waals surface area contributed by atoms with Crippen LogP contribution in [0.3, 0.4) is 0 Å². The number of rotatable bonds is 3. The minimum absolute atomic E-state index is 0.186. The molecule has 1 N–H and O–H groups in total. The van der Waals surface area contributed by atoms with Gasteiger partial charge in [0.25, 0.3) is 17.7 Å². The van der Waals surface area contributed by atoms with Gasteiger partial charge in [0, 0.05) is 36.6 Å². The number of likely N-dealkylation sites (tertiary alicyclic amines) is 1. The summed E-state index contributed by atoms with van der Waals surface area (Å²) in [5, 5.41) is 5.61. The lowest BCUT2D eigenvalue weighted by Gasteiger charge is -2.21. The molecular weight excluding hydrogens is 377 g/mol. The third kappa shape index (κ3) is 2.81. The van der Waals surface area contributed by atoms with Gasteiger partial charge in [-0.05, 0) is 36.2 Å². The first-order chi connectivity index (χ1) is 12.5. The van der Waals surface area contributed by atoms with Crippen LogP contribution in [0.15, 0.2) is 22.7 Å². The molecule has 0 spiro atoms. The Morgan fingerprint density at radius 3 is 2.92 bits per heavy atom. The van der Waals surface area contributed by atoms with Crippen LogP contribution in [0, 0.1) is 0 Å². The first-order valence-electron chi connectivity index (χ1n) is 8.24. The van der Waals surface area contributed by atoms with Gasteiger partial charge in [-0.25, -0.2) is 0 Å². The van der Waals surface area contributed by atoms with Crippen molar-refractivity contribution in [2.75, 3.05) is 25.5 Å². The van der Waals surface area contributed by atoms with Gasteiger partial charge in [0.05, 0.1) is 5.02 Å². The molecule has 7 nitrogen and oxygen atoms in total. The maximum absolute atomic E-state index is 13.1. The number of nitrogens with zero attached hydrogens (tertiary/aromatic N) is 4. The van der Waals surface area contributed by atoms with Crippen molar-refractivity contribution in [1.82, 2.24) is 20.0 Å². The molecule has 1 aliphatic heterocycles. The van der Waals surface area contributed by atoms with Crippen molar-refractivity contribution in [3.8, 4) is 0 Å². The number of aromatic nitrogens is 3. The molecule has 3 heterocycles. The first-order valence-corrected chi connectivity index (χ1v) is 9.00. The van der Waals surface area contributed by atoms with E-state index in [1.165, 1.54) is 0 Å². The van der Waals surface area contributed by atoms with Gasteiger partial charge in [0.2, 0.25) is 0 Å². The number of fused-ring (bicyclic) bond motifs is 1. The smallest absolute Gasteiger partial charge is 0.272 e. The van der Waals surface area contributed by atoms with Gasteiger partial charge in [-0.3, -0.25) is 4.79 Å². The standard InChI is InChI=1S/C17H17Cl2N5O2/c1-23(2)17-21-15(26-22-17)12-4-3-7-24(12)16(25)14-13(19)10-8-9(18)5-6-11(10)20-14/h5-6,8,12,20H,3-4,7H2,1-2H3/t12-/m1/s1. The van der Waals surface area contributed by atoms with E-state index in [1.54, 1.807) is 21.9 Å². The number of hydrogen-bond acceptors (Lipinski definition) is 5. The number of benzene rings is 1. The molecule has 1 fully saturated rings. The molecule has 1 aliphatic rings. The third-order valence-electron chi connectivity index (χ3n) is 4.54. The number of amides is 1. The van der Waals surface area contributed by atoms with Gasteiger partial charge < -0.3 is 19.3 Å². The molecule has 136 valence electrons. The average Bonchev–Trinajstić information content (AvgIpc) is 3.32. The molecule has 9 heteroatoms. The lowest BCUT2D eigenvalue weighted by Crippen LogP contribution is -2.31. The molecule has 1 saturated heterocycles. The van der Waals surface area contributed by atoms with Crippen LogP contribution in [0.1, 0.15) is 35.3 Å². The van der Waals surface area contributed by atoms with Crippen LogP contribution in [0.4, 0.5) is 5.95 Å². The lowest BCUT2D eigenvalue weighted by molar-refractivity contribution is 0.0705. The summed E-state index contributed by atoms with van der Waals surface area (Å²) in [6, 6.07) is 5.05. The summed E-state index contributed by atoms with van der Waals surface area (Å²) in [5.74, 6) is 0.738. The number of carbonyl (C=O) groups excluding carboxylic acids is 1. The summed E-state index contributed by atoms with van der Waals surface area (Å²) in [4.78, 5) is 24.1. The molecule has 2 aromatic heterocycles. The number of anilines is 1. The molecule has 1 atom stereocenters. The van der Waals surface area contributed by atoms with Crippen molar-refractivity contribution in [3.05, 3.63) is 39.8 Å². The zero-order valence-electron chi connectivity index (χ0n) is 14.3. The molecule has 1 aromatic carbocycles. The Hall–Kier alpha value is -2.25. The molecule has 26 heavy (non-hydrogen) atoms. The fraction of sp³-hybridized carbons (Fsp3) is 0.353. The van der Waals surface area contributed by atoms with E-state index in [9.17, 15) is 4.79 Å². The highest BCUT2D eigenvalue weighted by atomic mass is 35.5. The van der Waals surface area contributed by atoms with Crippen LogP contribution in [-0.4, -0.2) is 46.6 Å². The van der Waals surface area contributed by atoms with Crippen LogP contribution >= 0.6 is 23.2 Å². The maximum Gasteiger partial charge on any atom is 0.272 e. The molecular formula is C17H17Cl2N5O2. The molecule has 1 amide bonds. The fourth-order valence-corrected chi connectivity index (χ4v) is 3.69. The van der Waals surface area contributed by atoms with Crippen LogP contribution in [0.25, 0.3) is 10.9 Å². The predicted molar refractivity (Wildman–Crippen MR) is 100.0 cm³/mol. The van der Waals surface area contributed by atoms with E-state index < -0.39 is 0 Å². The Balaban J connectivity index is 1.67. The Morgan fingerprint density at radius 2 is 2.19 bits per heavy atom. The van der Waals surface area contributed by atoms with Gasteiger partial charge in [0.1, 0.15) is 11.7 Å². The van der Waals surface area contributed by atoms with E-state index in [0.717, 1.165) is 23.7 Å². The summed E-state index contributed by atoms with van der Waals surface area (Å²) in [5.41, 5.74) is 1.12. The second kappa shape index (κ2) is 6.48. The zero-order valence-corrected chi connectivity index (χ0v) is 15.8. The predicted octanol–water partition coefficient (Wildman–Crippen LogP) is 3.90. The van der Waals surface area contributed by atoms with Gasteiger partial charge in [-0.2, -0.15) is 4.98 Å². The number of halogens is 2. The summed E-state index contributed by atoms with van der Waals surface area (Å²) in [7, 11) is 3.67. The highest BCUT2D eigenvalue weighted by molar-refractivity contribution is 6.39. The highest BCUT2D eigenvalue weighted by Gasteiger charge is 2.36. The summed E-state index contributed by atoms with van der Waals surface area (Å²) in [6.07, 6.45) is 1.63. The number of hydrogen-bond donors (Lipinski definition) is 1. The van der Waals surface area contributed by atoms with Crippen molar-refractivity contribution >= 4 is 46.0 Å². The third-order valence-corrected chi connectivity index (χ3v) is 5.17. The minimum atomic E-state index is -0.255. The second-order valence-electron chi connectivity index (χ2n) is 6.49. The van der Waals surface area contributed by atoms with Crippen molar-refractivity contribution in [2.24, 2.45) is 0 Å². The number of aromatic amines is 1. The normalized spacial score (nSPS) is 17.2. The fourth-order valence-electron chi connectivity index (χ4n) is 3.23. The second-order valence-corrected chi connectivity index (χ2v) is 7.30. The summed E-state index contributed by atoms with van der Waals surface area (Å²) in [6.45, 7) is 0.607. The first kappa shape index (κ1) is 17.2. The Bertz CT molecular complexity index is 981. The van der Waals surface area contributed by atoms with Gasteiger partial charge in [0.15, 0.2) is 0 Å². The summed E-state index contributed by atoms with van der Waals surface area (Å²) < 4.78 is 5.37. The number of carbonyl (C=O) groups is 1. The van der Waals surface area contributed by atoms with E-state index in [2.05, 4.69) is 15.1 Å². The van der Waals surface area contributed by atoms with E-state index >= 15 is 0 Å². The molecule has 4 rings (SSSR count).